The van der Waals surface area contributed by atoms with Crippen molar-refractivity contribution < 1.29 is 19.0 Å². The van der Waals surface area contributed by atoms with Gasteiger partial charge in [0.05, 0.1) is 18.3 Å². The Morgan fingerprint density at radius 2 is 1.27 bits per heavy atom. The van der Waals surface area contributed by atoms with Crippen LogP contribution in [0.25, 0.3) is 0 Å². The Morgan fingerprint density at radius 1 is 0.767 bits per heavy atom. The fourth-order valence-corrected chi connectivity index (χ4v) is 3.74. The van der Waals surface area contributed by atoms with Crippen molar-refractivity contribution in [3.8, 4) is 0 Å². The van der Waals surface area contributed by atoms with Crippen LogP contribution in [0.5, 0.6) is 0 Å². The highest BCUT2D eigenvalue weighted by Crippen LogP contribution is 2.20. The van der Waals surface area contributed by atoms with Crippen LogP contribution in [-0.2, 0) is 19.0 Å². The zero-order valence-corrected chi connectivity index (χ0v) is 21.1. The Hall–Kier alpha value is -0.610. The van der Waals surface area contributed by atoms with E-state index in [1.54, 1.807) is 6.92 Å². The van der Waals surface area contributed by atoms with Gasteiger partial charge in [-0.3, -0.25) is 4.79 Å². The Bertz CT molecular complexity index is 394. The van der Waals surface area contributed by atoms with E-state index >= 15 is 0 Å². The molecule has 0 aromatic rings. The summed E-state index contributed by atoms with van der Waals surface area (Å²) >= 11 is 0. The van der Waals surface area contributed by atoms with Gasteiger partial charge in [-0.25, -0.2) is 0 Å². The van der Waals surface area contributed by atoms with Gasteiger partial charge in [0.2, 0.25) is 0 Å². The predicted octanol–water partition coefficient (Wildman–Crippen LogP) is 7.62. The molecule has 0 saturated heterocycles. The molecule has 0 saturated carbocycles. The summed E-state index contributed by atoms with van der Waals surface area (Å²) in [4.78, 5) is 11.3. The summed E-state index contributed by atoms with van der Waals surface area (Å²) in [7, 11) is 0. The van der Waals surface area contributed by atoms with E-state index in [1.807, 2.05) is 6.92 Å². The monoisotopic (exact) mass is 428 g/mol. The average molecular weight is 429 g/mol. The molecule has 0 aliphatic carbocycles. The third-order valence-electron chi connectivity index (χ3n) is 5.51. The van der Waals surface area contributed by atoms with E-state index in [1.165, 1.54) is 70.6 Å². The average Bonchev–Trinajstić information content (AvgIpc) is 2.69. The summed E-state index contributed by atoms with van der Waals surface area (Å²) in [5.41, 5.74) is -0.194. The van der Waals surface area contributed by atoms with Crippen molar-refractivity contribution in [1.29, 1.82) is 0 Å². The number of rotatable bonds is 21. The van der Waals surface area contributed by atoms with Crippen LogP contribution in [0.1, 0.15) is 131 Å². The highest BCUT2D eigenvalue weighted by atomic mass is 16.6. The van der Waals surface area contributed by atoms with Crippen LogP contribution < -0.4 is 0 Å². The molecule has 180 valence electrons. The number of unbranched alkanes of at least 4 members (excludes halogenated alkanes) is 11. The fourth-order valence-electron chi connectivity index (χ4n) is 3.74. The molecule has 4 heteroatoms. The minimum absolute atomic E-state index is 0.0738. The molecule has 0 heterocycles. The first kappa shape index (κ1) is 29.4. The van der Waals surface area contributed by atoms with Gasteiger partial charge in [-0.2, -0.15) is 0 Å². The summed E-state index contributed by atoms with van der Waals surface area (Å²) in [5.74, 6) is -0.176. The standard InChI is InChI=1S/C26H52O4/c1-7-9-10-11-12-13-14-15-16-17-18-19-20-29-26(5,6)21-23(3)28-22-24(4)30-25(27)8-2/h23-24H,7-22H2,1-6H3. The molecular weight excluding hydrogens is 376 g/mol. The molecule has 0 rings (SSSR count). The lowest BCUT2D eigenvalue weighted by atomic mass is 10.0. The van der Waals surface area contributed by atoms with Gasteiger partial charge in [-0.1, -0.05) is 84.5 Å². The lowest BCUT2D eigenvalue weighted by Gasteiger charge is -2.29. The van der Waals surface area contributed by atoms with Crippen LogP contribution in [0.3, 0.4) is 0 Å². The summed E-state index contributed by atoms with van der Waals surface area (Å²) in [6.07, 6.45) is 17.4. The molecule has 0 bridgehead atoms. The smallest absolute Gasteiger partial charge is 0.305 e. The van der Waals surface area contributed by atoms with Crippen molar-refractivity contribution in [2.24, 2.45) is 0 Å². The van der Waals surface area contributed by atoms with Gasteiger partial charge in [0.15, 0.2) is 0 Å². The molecule has 2 atom stereocenters. The molecule has 0 spiro atoms. The van der Waals surface area contributed by atoms with E-state index in [0.717, 1.165) is 19.4 Å². The van der Waals surface area contributed by atoms with Crippen LogP contribution in [0.4, 0.5) is 0 Å². The predicted molar refractivity (Wildman–Crippen MR) is 127 cm³/mol. The quantitative estimate of drug-likeness (QED) is 0.139. The van der Waals surface area contributed by atoms with Crippen molar-refractivity contribution in [3.05, 3.63) is 0 Å². The van der Waals surface area contributed by atoms with Crippen LogP contribution in [0.2, 0.25) is 0 Å². The van der Waals surface area contributed by atoms with E-state index in [4.69, 9.17) is 14.2 Å². The molecule has 0 aromatic heterocycles. The molecular formula is C26H52O4. The fraction of sp³-hybridized carbons (Fsp3) is 0.962. The first-order chi connectivity index (χ1) is 14.3. The van der Waals surface area contributed by atoms with Crippen molar-refractivity contribution >= 4 is 5.97 Å². The normalized spacial score (nSPS) is 13.9. The highest BCUT2D eigenvalue weighted by molar-refractivity contribution is 5.69. The van der Waals surface area contributed by atoms with Gasteiger partial charge in [0, 0.05) is 19.4 Å². The maximum absolute atomic E-state index is 11.3. The molecule has 0 aliphatic rings. The minimum Gasteiger partial charge on any atom is -0.460 e. The second-order valence-corrected chi connectivity index (χ2v) is 9.50. The Morgan fingerprint density at radius 3 is 1.77 bits per heavy atom. The van der Waals surface area contributed by atoms with E-state index in [2.05, 4.69) is 27.7 Å². The number of ether oxygens (including phenoxy) is 3. The topological polar surface area (TPSA) is 44.8 Å². The third kappa shape index (κ3) is 19.4. The SMILES string of the molecule is CCCCCCCCCCCCCCOC(C)(C)CC(C)OCC(C)OC(=O)CC. The van der Waals surface area contributed by atoms with Gasteiger partial charge in [0.25, 0.3) is 0 Å². The first-order valence-electron chi connectivity index (χ1n) is 12.8. The Balaban J connectivity index is 3.60. The molecule has 4 nitrogen and oxygen atoms in total. The second-order valence-electron chi connectivity index (χ2n) is 9.50. The van der Waals surface area contributed by atoms with Crippen molar-refractivity contribution in [3.63, 3.8) is 0 Å². The number of esters is 1. The number of carbonyl (C=O) groups is 1. The highest BCUT2D eigenvalue weighted by Gasteiger charge is 2.22. The van der Waals surface area contributed by atoms with E-state index in [9.17, 15) is 4.79 Å². The van der Waals surface area contributed by atoms with Crippen molar-refractivity contribution in [2.75, 3.05) is 13.2 Å². The van der Waals surface area contributed by atoms with E-state index in [-0.39, 0.29) is 23.8 Å². The van der Waals surface area contributed by atoms with Crippen molar-refractivity contribution in [2.45, 2.75) is 149 Å². The summed E-state index contributed by atoms with van der Waals surface area (Å²) in [5, 5.41) is 0. The van der Waals surface area contributed by atoms with E-state index < -0.39 is 0 Å². The Kier molecular flexibility index (Phi) is 18.7. The van der Waals surface area contributed by atoms with Gasteiger partial charge >= 0.3 is 5.97 Å². The summed E-state index contributed by atoms with van der Waals surface area (Å²) in [6.45, 7) is 13.5. The zero-order chi connectivity index (χ0) is 22.7. The van der Waals surface area contributed by atoms with Gasteiger partial charge in [0.1, 0.15) is 6.10 Å². The molecule has 30 heavy (non-hydrogen) atoms. The van der Waals surface area contributed by atoms with Gasteiger partial charge < -0.3 is 14.2 Å². The van der Waals surface area contributed by atoms with Gasteiger partial charge in [-0.05, 0) is 34.1 Å². The molecule has 2 unspecified atom stereocenters. The molecule has 0 aromatic carbocycles. The number of carbonyl (C=O) groups excluding carboxylic acids is 1. The van der Waals surface area contributed by atoms with Crippen molar-refractivity contribution in [1.82, 2.24) is 0 Å². The third-order valence-corrected chi connectivity index (χ3v) is 5.51. The summed E-state index contributed by atoms with van der Waals surface area (Å²) < 4.78 is 17.2. The molecule has 0 fully saturated rings. The zero-order valence-electron chi connectivity index (χ0n) is 21.1. The summed E-state index contributed by atoms with van der Waals surface area (Å²) in [6, 6.07) is 0. The van der Waals surface area contributed by atoms with E-state index in [0.29, 0.717) is 13.0 Å². The van der Waals surface area contributed by atoms with Crippen LogP contribution >= 0.6 is 0 Å². The lowest BCUT2D eigenvalue weighted by Crippen LogP contribution is -2.32. The lowest BCUT2D eigenvalue weighted by molar-refractivity contribution is -0.152. The molecule has 0 radical (unpaired) electrons. The van der Waals surface area contributed by atoms with Gasteiger partial charge in [-0.15, -0.1) is 0 Å². The van der Waals surface area contributed by atoms with Crippen LogP contribution in [0.15, 0.2) is 0 Å². The number of hydrogen-bond acceptors (Lipinski definition) is 4. The van der Waals surface area contributed by atoms with Crippen LogP contribution in [-0.4, -0.2) is 37.0 Å². The minimum atomic E-state index is -0.204. The molecule has 0 N–H and O–H groups in total. The molecule has 0 aliphatic heterocycles. The molecule has 0 amide bonds. The Labute approximate surface area is 187 Å². The maximum atomic E-state index is 11.3. The maximum Gasteiger partial charge on any atom is 0.305 e. The number of hydrogen-bond donors (Lipinski definition) is 0. The van der Waals surface area contributed by atoms with Crippen LogP contribution in [0, 0.1) is 0 Å². The largest absolute Gasteiger partial charge is 0.460 e. The second kappa shape index (κ2) is 19.1. The first-order valence-corrected chi connectivity index (χ1v) is 12.8.